The van der Waals surface area contributed by atoms with Crippen LogP contribution in [0.1, 0.15) is 46.5 Å². The third-order valence-corrected chi connectivity index (χ3v) is 4.90. The van der Waals surface area contributed by atoms with E-state index in [1.807, 2.05) is 0 Å². The predicted molar refractivity (Wildman–Crippen MR) is 53.4 cm³/mol. The Balaban J connectivity index is 2.28. The Morgan fingerprint density at radius 3 is 2.54 bits per heavy atom. The van der Waals surface area contributed by atoms with E-state index in [0.717, 1.165) is 18.6 Å². The van der Waals surface area contributed by atoms with Crippen molar-refractivity contribution in [2.45, 2.75) is 46.5 Å². The van der Waals surface area contributed by atoms with Gasteiger partial charge in [0.2, 0.25) is 0 Å². The smallest absolute Gasteiger partial charge is 0.120 e. The predicted octanol–water partition coefficient (Wildman–Crippen LogP) is 3.04. The molecule has 2 bridgehead atoms. The van der Waals surface area contributed by atoms with E-state index in [4.69, 9.17) is 0 Å². The van der Waals surface area contributed by atoms with Crippen LogP contribution in [0.3, 0.4) is 0 Å². The van der Waals surface area contributed by atoms with E-state index >= 15 is 0 Å². The first kappa shape index (κ1) is 9.23. The summed E-state index contributed by atoms with van der Waals surface area (Å²) in [5, 5.41) is 0. The molecule has 0 aromatic rings. The highest BCUT2D eigenvalue weighted by Crippen LogP contribution is 2.66. The molecule has 3 atom stereocenters. The van der Waals surface area contributed by atoms with Crippen LogP contribution in [-0.2, 0) is 4.79 Å². The zero-order valence-corrected chi connectivity index (χ0v) is 8.97. The molecule has 2 aliphatic rings. The lowest BCUT2D eigenvalue weighted by Crippen LogP contribution is -2.35. The van der Waals surface area contributed by atoms with Crippen molar-refractivity contribution in [1.29, 1.82) is 0 Å². The highest BCUT2D eigenvalue weighted by atomic mass is 16.1. The van der Waals surface area contributed by atoms with E-state index in [0.29, 0.717) is 16.7 Å². The van der Waals surface area contributed by atoms with Crippen LogP contribution < -0.4 is 0 Å². The zero-order valence-electron chi connectivity index (χ0n) is 8.97. The van der Waals surface area contributed by atoms with Crippen LogP contribution in [0.2, 0.25) is 0 Å². The van der Waals surface area contributed by atoms with Gasteiger partial charge in [0.15, 0.2) is 0 Å². The summed E-state index contributed by atoms with van der Waals surface area (Å²) in [5.41, 5.74) is 0.892. The Kier molecular flexibility index (Phi) is 1.84. The van der Waals surface area contributed by atoms with Gasteiger partial charge in [-0.25, -0.2) is 0 Å². The molecular formula is C12H20O. The van der Waals surface area contributed by atoms with Gasteiger partial charge < -0.3 is 4.79 Å². The van der Waals surface area contributed by atoms with Gasteiger partial charge in [0.1, 0.15) is 6.29 Å². The van der Waals surface area contributed by atoms with Gasteiger partial charge in [-0.2, -0.15) is 0 Å². The van der Waals surface area contributed by atoms with Gasteiger partial charge >= 0.3 is 0 Å². The second kappa shape index (κ2) is 2.59. The Morgan fingerprint density at radius 1 is 1.38 bits per heavy atom. The number of aldehydes is 1. The van der Waals surface area contributed by atoms with Gasteiger partial charge in [-0.1, -0.05) is 20.8 Å². The minimum atomic E-state index is 0.411. The molecule has 0 amide bonds. The van der Waals surface area contributed by atoms with Crippen LogP contribution in [0, 0.1) is 22.7 Å². The van der Waals surface area contributed by atoms with Gasteiger partial charge in [0, 0.05) is 6.42 Å². The highest BCUT2D eigenvalue weighted by Gasteiger charge is 2.58. The third kappa shape index (κ3) is 1.09. The molecule has 0 spiro atoms. The average molecular weight is 180 g/mol. The van der Waals surface area contributed by atoms with E-state index in [2.05, 4.69) is 20.8 Å². The SMILES string of the molecule is CC1(C)[C@@H]2CC[C@@](C)(C2)[C@@H]1CC=O. The molecule has 2 fully saturated rings. The molecule has 74 valence electrons. The number of carbonyl (C=O) groups is 1. The summed E-state index contributed by atoms with van der Waals surface area (Å²) in [7, 11) is 0. The minimum Gasteiger partial charge on any atom is -0.303 e. The standard InChI is InChI=1S/C12H20O/c1-11(2)9-4-6-12(3,8-9)10(11)5-7-13/h7,9-10H,4-6,8H2,1-3H3/t9-,10-,12+/m1/s1. The van der Waals surface area contributed by atoms with Crippen LogP contribution >= 0.6 is 0 Å². The highest BCUT2D eigenvalue weighted by molar-refractivity contribution is 5.50. The van der Waals surface area contributed by atoms with E-state index < -0.39 is 0 Å². The molecule has 0 heterocycles. The molecular weight excluding hydrogens is 160 g/mol. The van der Waals surface area contributed by atoms with Crippen LogP contribution in [-0.4, -0.2) is 6.29 Å². The fourth-order valence-corrected chi connectivity index (χ4v) is 4.09. The maximum atomic E-state index is 10.7. The zero-order chi connectivity index (χ0) is 9.69. The van der Waals surface area contributed by atoms with Gasteiger partial charge in [0.05, 0.1) is 0 Å². The van der Waals surface area contributed by atoms with Gasteiger partial charge in [-0.05, 0) is 41.9 Å². The van der Waals surface area contributed by atoms with E-state index in [-0.39, 0.29) is 0 Å². The maximum Gasteiger partial charge on any atom is 0.120 e. The largest absolute Gasteiger partial charge is 0.303 e. The lowest BCUT2D eigenvalue weighted by atomic mass is 9.63. The maximum absolute atomic E-state index is 10.7. The first-order valence-electron chi connectivity index (χ1n) is 5.44. The first-order valence-corrected chi connectivity index (χ1v) is 5.44. The molecule has 2 rings (SSSR count). The molecule has 2 aliphatic carbocycles. The minimum absolute atomic E-state index is 0.411. The molecule has 1 nitrogen and oxygen atoms in total. The van der Waals surface area contributed by atoms with Crippen LogP contribution in [0.25, 0.3) is 0 Å². The van der Waals surface area contributed by atoms with Crippen LogP contribution in [0.15, 0.2) is 0 Å². The third-order valence-electron chi connectivity index (χ3n) is 4.90. The second-order valence-electron chi connectivity index (χ2n) is 5.87. The molecule has 0 aromatic carbocycles. The summed E-state index contributed by atoms with van der Waals surface area (Å²) in [4.78, 5) is 10.7. The summed E-state index contributed by atoms with van der Waals surface area (Å²) >= 11 is 0. The second-order valence-corrected chi connectivity index (χ2v) is 5.87. The molecule has 0 saturated heterocycles. The number of rotatable bonds is 2. The molecule has 1 heteroatoms. The van der Waals surface area contributed by atoms with Crippen molar-refractivity contribution < 1.29 is 4.79 Å². The van der Waals surface area contributed by atoms with Gasteiger partial charge in [-0.3, -0.25) is 0 Å². The normalized spacial score (nSPS) is 46.7. The molecule has 0 unspecified atom stereocenters. The van der Waals surface area contributed by atoms with Crippen molar-refractivity contribution in [3.63, 3.8) is 0 Å². The van der Waals surface area contributed by atoms with Crippen molar-refractivity contribution in [3.8, 4) is 0 Å². The summed E-state index contributed by atoms with van der Waals surface area (Å²) < 4.78 is 0. The summed E-state index contributed by atoms with van der Waals surface area (Å²) in [6, 6.07) is 0. The molecule has 0 N–H and O–H groups in total. The van der Waals surface area contributed by atoms with Gasteiger partial charge in [-0.15, -0.1) is 0 Å². The number of hydrogen-bond acceptors (Lipinski definition) is 1. The molecule has 0 radical (unpaired) electrons. The van der Waals surface area contributed by atoms with E-state index in [1.54, 1.807) is 0 Å². The van der Waals surface area contributed by atoms with Crippen molar-refractivity contribution in [1.82, 2.24) is 0 Å². The fraction of sp³-hybridized carbons (Fsp3) is 0.917. The Bertz CT molecular complexity index is 227. The molecule has 0 aromatic heterocycles. The monoisotopic (exact) mass is 180 g/mol. The summed E-state index contributed by atoms with van der Waals surface area (Å²) in [6.45, 7) is 7.10. The molecule has 0 aliphatic heterocycles. The van der Waals surface area contributed by atoms with E-state index in [1.165, 1.54) is 19.3 Å². The fourth-order valence-electron chi connectivity index (χ4n) is 4.09. The number of hydrogen-bond donors (Lipinski definition) is 0. The Hall–Kier alpha value is -0.330. The van der Waals surface area contributed by atoms with Gasteiger partial charge in [0.25, 0.3) is 0 Å². The van der Waals surface area contributed by atoms with E-state index in [9.17, 15) is 4.79 Å². The number of fused-ring (bicyclic) bond motifs is 2. The number of carbonyl (C=O) groups excluding carboxylic acids is 1. The van der Waals surface area contributed by atoms with Crippen LogP contribution in [0.4, 0.5) is 0 Å². The lowest BCUT2D eigenvalue weighted by Gasteiger charge is -2.42. The quantitative estimate of drug-likeness (QED) is 0.597. The topological polar surface area (TPSA) is 17.1 Å². The molecule has 13 heavy (non-hydrogen) atoms. The summed E-state index contributed by atoms with van der Waals surface area (Å²) in [5.74, 6) is 1.51. The Morgan fingerprint density at radius 2 is 2.08 bits per heavy atom. The van der Waals surface area contributed by atoms with Crippen molar-refractivity contribution in [2.24, 2.45) is 22.7 Å². The van der Waals surface area contributed by atoms with Crippen molar-refractivity contribution in [2.75, 3.05) is 0 Å². The van der Waals surface area contributed by atoms with Crippen LogP contribution in [0.5, 0.6) is 0 Å². The molecule has 2 saturated carbocycles. The Labute approximate surface area is 80.9 Å². The average Bonchev–Trinajstić information content (AvgIpc) is 2.50. The first-order chi connectivity index (χ1) is 6.00. The van der Waals surface area contributed by atoms with Crippen molar-refractivity contribution >= 4 is 6.29 Å². The summed E-state index contributed by atoms with van der Waals surface area (Å²) in [6.07, 6.45) is 6.00. The lowest BCUT2D eigenvalue weighted by molar-refractivity contribution is -0.110. The van der Waals surface area contributed by atoms with Crippen molar-refractivity contribution in [3.05, 3.63) is 0 Å².